The maximum Gasteiger partial charge on any atom is 0.251 e. The minimum atomic E-state index is -0.250. The quantitative estimate of drug-likeness (QED) is 0.725. The zero-order valence-electron chi connectivity index (χ0n) is 15.3. The van der Waals surface area contributed by atoms with Gasteiger partial charge in [-0.1, -0.05) is 66.2 Å². The van der Waals surface area contributed by atoms with Crippen LogP contribution in [0.5, 0.6) is 0 Å². The van der Waals surface area contributed by atoms with E-state index in [0.29, 0.717) is 12.1 Å². The summed E-state index contributed by atoms with van der Waals surface area (Å²) in [7, 11) is 0. The van der Waals surface area contributed by atoms with Gasteiger partial charge in [0.2, 0.25) is 5.91 Å². The molecule has 4 heteroatoms. The Bertz CT molecular complexity index is 908. The number of rotatable bonds is 6. The topological polar surface area (TPSA) is 49.4 Å². The smallest absolute Gasteiger partial charge is 0.251 e. The zero-order valence-corrected chi connectivity index (χ0v) is 15.3. The lowest BCUT2D eigenvalue weighted by molar-refractivity contribution is -0.117. The van der Waals surface area contributed by atoms with Gasteiger partial charge in [0.1, 0.15) is 0 Å². The highest BCUT2D eigenvalue weighted by Gasteiger charge is 2.17. The van der Waals surface area contributed by atoms with Crippen LogP contribution in [0.2, 0.25) is 0 Å². The second kappa shape index (κ2) is 8.81. The molecule has 0 aliphatic rings. The number of hydrogen-bond donors (Lipinski definition) is 1. The van der Waals surface area contributed by atoms with Crippen LogP contribution in [-0.2, 0) is 11.3 Å². The van der Waals surface area contributed by atoms with E-state index in [1.54, 1.807) is 17.0 Å². The first kappa shape index (κ1) is 18.4. The molecule has 0 bridgehead atoms. The number of hydrogen-bond acceptors (Lipinski definition) is 2. The molecule has 27 heavy (non-hydrogen) atoms. The number of carbonyl (C=O) groups excluding carboxylic acids is 2. The molecule has 136 valence electrons. The molecule has 3 rings (SSSR count). The second-order valence-corrected chi connectivity index (χ2v) is 6.35. The van der Waals surface area contributed by atoms with E-state index >= 15 is 0 Å². The van der Waals surface area contributed by atoms with Crippen molar-refractivity contribution >= 4 is 17.5 Å². The lowest BCUT2D eigenvalue weighted by atomic mass is 10.1. The average Bonchev–Trinajstić information content (AvgIpc) is 2.71. The third-order valence-corrected chi connectivity index (χ3v) is 4.23. The SMILES string of the molecule is Cc1cccc(C(=O)NCC(=O)N(Cc2ccccc2)c2ccccc2)c1. The van der Waals surface area contributed by atoms with Crippen LogP contribution < -0.4 is 10.2 Å². The fourth-order valence-electron chi connectivity index (χ4n) is 2.84. The fraction of sp³-hybridized carbons (Fsp3) is 0.130. The Labute approximate surface area is 159 Å². The average molecular weight is 358 g/mol. The number of anilines is 1. The highest BCUT2D eigenvalue weighted by Crippen LogP contribution is 2.17. The fourth-order valence-corrected chi connectivity index (χ4v) is 2.84. The van der Waals surface area contributed by atoms with Crippen molar-refractivity contribution in [2.75, 3.05) is 11.4 Å². The van der Waals surface area contributed by atoms with E-state index in [2.05, 4.69) is 5.32 Å². The van der Waals surface area contributed by atoms with Crippen LogP contribution in [0, 0.1) is 6.92 Å². The third kappa shape index (κ3) is 5.05. The van der Waals surface area contributed by atoms with Gasteiger partial charge in [0.15, 0.2) is 0 Å². The molecule has 0 saturated carbocycles. The minimum Gasteiger partial charge on any atom is -0.343 e. The first-order valence-corrected chi connectivity index (χ1v) is 8.88. The molecule has 0 spiro atoms. The van der Waals surface area contributed by atoms with Crippen LogP contribution in [-0.4, -0.2) is 18.4 Å². The molecule has 0 heterocycles. The van der Waals surface area contributed by atoms with Crippen molar-refractivity contribution in [1.29, 1.82) is 0 Å². The Kier molecular flexibility index (Phi) is 6.00. The normalized spacial score (nSPS) is 10.3. The van der Waals surface area contributed by atoms with Crippen molar-refractivity contribution in [1.82, 2.24) is 5.32 Å². The summed E-state index contributed by atoms with van der Waals surface area (Å²) in [5, 5.41) is 2.73. The molecule has 0 saturated heterocycles. The van der Waals surface area contributed by atoms with E-state index in [9.17, 15) is 9.59 Å². The summed E-state index contributed by atoms with van der Waals surface area (Å²) in [6.07, 6.45) is 0. The molecule has 0 aliphatic carbocycles. The van der Waals surface area contributed by atoms with Gasteiger partial charge < -0.3 is 10.2 Å². The third-order valence-electron chi connectivity index (χ3n) is 4.23. The lowest BCUT2D eigenvalue weighted by Gasteiger charge is -2.23. The lowest BCUT2D eigenvalue weighted by Crippen LogP contribution is -2.40. The minimum absolute atomic E-state index is 0.0610. The van der Waals surface area contributed by atoms with Crippen molar-refractivity contribution in [3.05, 3.63) is 102 Å². The standard InChI is InChI=1S/C23H22N2O2/c1-18-9-8-12-20(15-18)23(27)24-16-22(26)25(21-13-6-3-7-14-21)17-19-10-4-2-5-11-19/h2-15H,16-17H2,1H3,(H,24,27). The first-order valence-electron chi connectivity index (χ1n) is 8.88. The summed E-state index contributed by atoms with van der Waals surface area (Å²) in [5.41, 5.74) is 3.39. The van der Waals surface area contributed by atoms with Crippen LogP contribution in [0.15, 0.2) is 84.9 Å². The molecule has 0 aliphatic heterocycles. The van der Waals surface area contributed by atoms with Crippen molar-refractivity contribution in [3.8, 4) is 0 Å². The molecule has 0 radical (unpaired) electrons. The van der Waals surface area contributed by atoms with Gasteiger partial charge >= 0.3 is 0 Å². The van der Waals surface area contributed by atoms with Crippen LogP contribution in [0.3, 0.4) is 0 Å². The van der Waals surface area contributed by atoms with Gasteiger partial charge in [0, 0.05) is 11.3 Å². The Morgan fingerprint density at radius 3 is 2.19 bits per heavy atom. The monoisotopic (exact) mass is 358 g/mol. The van der Waals surface area contributed by atoms with E-state index in [1.165, 1.54) is 0 Å². The largest absolute Gasteiger partial charge is 0.343 e. The van der Waals surface area contributed by atoms with Gasteiger partial charge in [-0.05, 0) is 36.8 Å². The second-order valence-electron chi connectivity index (χ2n) is 6.35. The summed E-state index contributed by atoms with van der Waals surface area (Å²) in [4.78, 5) is 26.9. The first-order chi connectivity index (χ1) is 13.1. The maximum absolute atomic E-state index is 12.9. The van der Waals surface area contributed by atoms with Gasteiger partial charge in [-0.25, -0.2) is 0 Å². The molecule has 1 N–H and O–H groups in total. The van der Waals surface area contributed by atoms with Crippen molar-refractivity contribution in [3.63, 3.8) is 0 Å². The molecular formula is C23H22N2O2. The molecule has 4 nitrogen and oxygen atoms in total. The number of nitrogens with one attached hydrogen (secondary N) is 1. The van der Waals surface area contributed by atoms with Crippen molar-refractivity contribution in [2.24, 2.45) is 0 Å². The number of para-hydroxylation sites is 1. The molecular weight excluding hydrogens is 336 g/mol. The van der Waals surface area contributed by atoms with E-state index < -0.39 is 0 Å². The molecule has 0 unspecified atom stereocenters. The molecule has 3 aromatic rings. The van der Waals surface area contributed by atoms with Crippen molar-refractivity contribution in [2.45, 2.75) is 13.5 Å². The number of aryl methyl sites for hydroxylation is 1. The van der Waals surface area contributed by atoms with Gasteiger partial charge in [-0.15, -0.1) is 0 Å². The summed E-state index contributed by atoms with van der Waals surface area (Å²) in [5.74, 6) is -0.411. The predicted octanol–water partition coefficient (Wildman–Crippen LogP) is 3.96. The molecule has 0 aromatic heterocycles. The molecule has 3 aromatic carbocycles. The summed E-state index contributed by atoms with van der Waals surface area (Å²) in [6, 6.07) is 26.6. The highest BCUT2D eigenvalue weighted by molar-refractivity contribution is 6.00. The molecule has 0 atom stereocenters. The van der Waals surface area contributed by atoms with E-state index in [4.69, 9.17) is 0 Å². The van der Waals surface area contributed by atoms with E-state index in [0.717, 1.165) is 16.8 Å². The predicted molar refractivity (Wildman–Crippen MR) is 108 cm³/mol. The van der Waals surface area contributed by atoms with E-state index in [-0.39, 0.29) is 18.4 Å². The Morgan fingerprint density at radius 1 is 0.852 bits per heavy atom. The maximum atomic E-state index is 12.9. The molecule has 2 amide bonds. The Hall–Kier alpha value is -3.40. The van der Waals surface area contributed by atoms with Crippen molar-refractivity contribution < 1.29 is 9.59 Å². The van der Waals surface area contributed by atoms with Gasteiger partial charge in [0.25, 0.3) is 5.91 Å². The molecule has 0 fully saturated rings. The van der Waals surface area contributed by atoms with E-state index in [1.807, 2.05) is 79.7 Å². The van der Waals surface area contributed by atoms with Crippen LogP contribution in [0.1, 0.15) is 21.5 Å². The van der Waals surface area contributed by atoms with Gasteiger partial charge in [-0.3, -0.25) is 9.59 Å². The summed E-state index contributed by atoms with van der Waals surface area (Å²) >= 11 is 0. The van der Waals surface area contributed by atoms with Gasteiger partial charge in [0.05, 0.1) is 13.1 Å². The van der Waals surface area contributed by atoms with Crippen LogP contribution in [0.25, 0.3) is 0 Å². The summed E-state index contributed by atoms with van der Waals surface area (Å²) < 4.78 is 0. The number of carbonyl (C=O) groups is 2. The van der Waals surface area contributed by atoms with Gasteiger partial charge in [-0.2, -0.15) is 0 Å². The zero-order chi connectivity index (χ0) is 19.1. The highest BCUT2D eigenvalue weighted by atomic mass is 16.2. The van der Waals surface area contributed by atoms with Crippen LogP contribution >= 0.6 is 0 Å². The summed E-state index contributed by atoms with van der Waals surface area (Å²) in [6.45, 7) is 2.32. The number of benzene rings is 3. The number of amides is 2. The van der Waals surface area contributed by atoms with Crippen LogP contribution in [0.4, 0.5) is 5.69 Å². The number of nitrogens with zero attached hydrogens (tertiary/aromatic N) is 1. The Balaban J connectivity index is 1.72. The Morgan fingerprint density at radius 2 is 1.52 bits per heavy atom.